The minimum absolute atomic E-state index is 0.0247. The average Bonchev–Trinajstić information content (AvgIpc) is 3.42. The van der Waals surface area contributed by atoms with E-state index < -0.39 is 21.6 Å². The Labute approximate surface area is 193 Å². The van der Waals surface area contributed by atoms with Gasteiger partial charge in [-0.1, -0.05) is 18.2 Å². The molecule has 0 aromatic heterocycles. The average molecular weight is 466 g/mol. The summed E-state index contributed by atoms with van der Waals surface area (Å²) < 4.78 is 38.9. The molecule has 0 unspecified atom stereocenters. The number of benzene rings is 2. The maximum absolute atomic E-state index is 14.9. The summed E-state index contributed by atoms with van der Waals surface area (Å²) in [5.74, 6) is -0.771. The van der Waals surface area contributed by atoms with Crippen molar-refractivity contribution in [2.24, 2.45) is 11.8 Å². The first-order chi connectivity index (χ1) is 15.7. The number of hydrogen-bond donors (Lipinski definition) is 1. The molecule has 0 radical (unpaired) electrons. The molecule has 6 nitrogen and oxygen atoms in total. The van der Waals surface area contributed by atoms with Crippen LogP contribution in [-0.4, -0.2) is 32.5 Å². The highest BCUT2D eigenvalue weighted by molar-refractivity contribution is 7.90. The molecule has 1 saturated heterocycles. The highest BCUT2D eigenvalue weighted by atomic mass is 32.2. The van der Waals surface area contributed by atoms with Gasteiger partial charge in [-0.3, -0.25) is 4.79 Å². The summed E-state index contributed by atoms with van der Waals surface area (Å²) in [5.41, 5.74) is 1.29. The molecule has 2 aliphatic rings. The lowest BCUT2D eigenvalue weighted by atomic mass is 9.88. The van der Waals surface area contributed by atoms with E-state index in [1.807, 2.05) is 6.07 Å². The highest BCUT2D eigenvalue weighted by Gasteiger charge is 2.42. The molecule has 0 spiro atoms. The number of rotatable bonds is 7. The van der Waals surface area contributed by atoms with Crippen LogP contribution in [0.3, 0.4) is 0 Å². The zero-order valence-corrected chi connectivity index (χ0v) is 19.0. The van der Waals surface area contributed by atoms with Gasteiger partial charge in [0.15, 0.2) is 15.6 Å². The van der Waals surface area contributed by atoms with Crippen LogP contribution in [0.5, 0.6) is 0 Å². The van der Waals surface area contributed by atoms with Gasteiger partial charge in [0.05, 0.1) is 28.5 Å². The third kappa shape index (κ3) is 4.83. The van der Waals surface area contributed by atoms with Crippen molar-refractivity contribution in [3.05, 3.63) is 53.3 Å². The number of hydrogen-bond acceptors (Lipinski definition) is 6. The first-order valence-corrected chi connectivity index (χ1v) is 12.8. The van der Waals surface area contributed by atoms with Gasteiger partial charge in [0.1, 0.15) is 11.9 Å². The Kier molecular flexibility index (Phi) is 6.34. The van der Waals surface area contributed by atoms with Crippen LogP contribution in [-0.2, 0) is 21.1 Å². The summed E-state index contributed by atoms with van der Waals surface area (Å²) in [4.78, 5) is 12.6. The number of nitrogens with zero attached hydrogens (tertiary/aromatic N) is 2. The topological polar surface area (TPSA) is 111 Å². The molecule has 8 heteroatoms. The normalized spacial score (nSPS) is 22.5. The molecule has 2 fully saturated rings. The Morgan fingerprint density at radius 3 is 2.48 bits per heavy atom. The number of sulfone groups is 1. The van der Waals surface area contributed by atoms with Crippen LogP contribution in [0.4, 0.5) is 4.39 Å². The lowest BCUT2D eigenvalue weighted by molar-refractivity contribution is -0.122. The molecule has 1 heterocycles. The molecule has 1 aliphatic carbocycles. The smallest absolute Gasteiger partial charge is 0.176 e. The molecule has 0 amide bonds. The largest absolute Gasteiger partial charge is 0.304 e. The monoisotopic (exact) mass is 465 g/mol. The fraction of sp³-hybridized carbons (Fsp3) is 0.400. The van der Waals surface area contributed by atoms with Crippen molar-refractivity contribution in [1.82, 2.24) is 5.32 Å². The fourth-order valence-corrected chi connectivity index (χ4v) is 5.86. The van der Waals surface area contributed by atoms with E-state index in [0.717, 1.165) is 25.5 Å². The SMILES string of the molecule is CS(=O)(=O)c1cc(-c2ccc(C[C@@H](C#N)CC(=O)[C@H]3N[C@H]4CC[C@@H]3C4)c(F)c2)ccc1C#N. The minimum Gasteiger partial charge on any atom is -0.304 e. The standard InChI is InChI=1S/C25H24FN3O3S/c1-33(31,32)24-12-17(3-5-20(24)14-28)16-2-4-18(22(26)11-16)8-15(13-27)9-23(30)25-19-6-7-21(10-19)29-25/h2-5,11-12,15,19,21,25,29H,6-10H2,1H3/t15-,19-,21+,25+/m1/s1. The van der Waals surface area contributed by atoms with E-state index in [0.29, 0.717) is 28.7 Å². The van der Waals surface area contributed by atoms with Crippen LogP contribution in [0.25, 0.3) is 11.1 Å². The van der Waals surface area contributed by atoms with Gasteiger partial charge < -0.3 is 5.32 Å². The Morgan fingerprint density at radius 1 is 1.18 bits per heavy atom. The molecule has 2 aromatic rings. The van der Waals surface area contributed by atoms with Crippen molar-refractivity contribution >= 4 is 15.6 Å². The predicted molar refractivity (Wildman–Crippen MR) is 120 cm³/mol. The molecule has 170 valence electrons. The molecule has 2 aromatic carbocycles. The number of halogens is 1. The Morgan fingerprint density at radius 2 is 1.91 bits per heavy atom. The van der Waals surface area contributed by atoms with Gasteiger partial charge in [-0.05, 0) is 66.5 Å². The number of carbonyl (C=O) groups is 1. The summed E-state index contributed by atoms with van der Waals surface area (Å²) in [6.45, 7) is 0. The quantitative estimate of drug-likeness (QED) is 0.669. The number of nitrogens with one attached hydrogen (secondary N) is 1. The Bertz CT molecular complexity index is 1290. The maximum atomic E-state index is 14.9. The maximum Gasteiger partial charge on any atom is 0.176 e. The van der Waals surface area contributed by atoms with Crippen molar-refractivity contribution in [1.29, 1.82) is 10.5 Å². The molecule has 33 heavy (non-hydrogen) atoms. The number of ketones is 1. The number of piperidine rings is 1. The van der Waals surface area contributed by atoms with Crippen molar-refractivity contribution in [3.63, 3.8) is 0 Å². The molecule has 4 atom stereocenters. The second kappa shape index (κ2) is 9.05. The van der Waals surface area contributed by atoms with Gasteiger partial charge >= 0.3 is 0 Å². The number of nitriles is 2. The number of Topliss-reactive ketones (excluding diaryl/α,β-unsaturated/α-hetero) is 1. The number of fused-ring (bicyclic) bond motifs is 2. The lowest BCUT2D eigenvalue weighted by Gasteiger charge is -2.22. The van der Waals surface area contributed by atoms with Gasteiger partial charge in [0, 0.05) is 18.7 Å². The molecule has 4 rings (SSSR count). The number of carbonyl (C=O) groups excluding carboxylic acids is 1. The zero-order chi connectivity index (χ0) is 23.8. The van der Waals surface area contributed by atoms with Crippen molar-refractivity contribution in [2.45, 2.75) is 49.1 Å². The first-order valence-electron chi connectivity index (χ1n) is 10.9. The lowest BCUT2D eigenvalue weighted by Crippen LogP contribution is -2.42. The van der Waals surface area contributed by atoms with Crippen LogP contribution < -0.4 is 5.32 Å². The second-order valence-electron chi connectivity index (χ2n) is 9.02. The first kappa shape index (κ1) is 23.1. The minimum atomic E-state index is -3.63. The van der Waals surface area contributed by atoms with E-state index in [1.165, 1.54) is 18.2 Å². The van der Waals surface area contributed by atoms with Gasteiger partial charge in [-0.2, -0.15) is 10.5 Å². The summed E-state index contributed by atoms with van der Waals surface area (Å²) in [6, 6.07) is 13.1. The van der Waals surface area contributed by atoms with Crippen molar-refractivity contribution < 1.29 is 17.6 Å². The predicted octanol–water partition coefficient (Wildman–Crippen LogP) is 3.55. The second-order valence-corrected chi connectivity index (χ2v) is 11.0. The van der Waals surface area contributed by atoms with Gasteiger partial charge in [-0.25, -0.2) is 12.8 Å². The molecule has 1 N–H and O–H groups in total. The van der Waals surface area contributed by atoms with Crippen LogP contribution in [0, 0.1) is 40.3 Å². The van der Waals surface area contributed by atoms with E-state index in [9.17, 15) is 22.9 Å². The van der Waals surface area contributed by atoms with Crippen LogP contribution in [0.2, 0.25) is 0 Å². The van der Waals surface area contributed by atoms with E-state index in [2.05, 4.69) is 11.4 Å². The Hall–Kier alpha value is -3.07. The van der Waals surface area contributed by atoms with E-state index in [-0.39, 0.29) is 35.1 Å². The van der Waals surface area contributed by atoms with Gasteiger partial charge in [0.25, 0.3) is 0 Å². The molecular formula is C25H24FN3O3S. The molecule has 1 saturated carbocycles. The van der Waals surface area contributed by atoms with Crippen LogP contribution >= 0.6 is 0 Å². The molecule has 2 bridgehead atoms. The highest BCUT2D eigenvalue weighted by Crippen LogP contribution is 2.36. The Balaban J connectivity index is 1.50. The third-order valence-corrected chi connectivity index (χ3v) is 7.83. The zero-order valence-electron chi connectivity index (χ0n) is 18.2. The third-order valence-electron chi connectivity index (χ3n) is 6.69. The fourth-order valence-electron chi connectivity index (χ4n) is 5.01. The van der Waals surface area contributed by atoms with Crippen LogP contribution in [0.1, 0.15) is 36.8 Å². The summed E-state index contributed by atoms with van der Waals surface area (Å²) in [5, 5.41) is 22.1. The van der Waals surface area contributed by atoms with E-state index in [4.69, 9.17) is 5.26 Å². The van der Waals surface area contributed by atoms with Crippen molar-refractivity contribution in [2.75, 3.05) is 6.26 Å². The van der Waals surface area contributed by atoms with E-state index >= 15 is 0 Å². The van der Waals surface area contributed by atoms with E-state index in [1.54, 1.807) is 18.2 Å². The molecular weight excluding hydrogens is 441 g/mol. The summed E-state index contributed by atoms with van der Waals surface area (Å²) in [6.07, 6.45) is 4.38. The van der Waals surface area contributed by atoms with Crippen LogP contribution in [0.15, 0.2) is 41.3 Å². The molecule has 1 aliphatic heterocycles. The van der Waals surface area contributed by atoms with Gasteiger partial charge in [0.2, 0.25) is 0 Å². The van der Waals surface area contributed by atoms with Gasteiger partial charge in [-0.15, -0.1) is 0 Å². The summed E-state index contributed by atoms with van der Waals surface area (Å²) >= 11 is 0. The van der Waals surface area contributed by atoms with Crippen molar-refractivity contribution in [3.8, 4) is 23.3 Å². The summed E-state index contributed by atoms with van der Waals surface area (Å²) in [7, 11) is -3.63.